The number of hydrogen-bond donors (Lipinski definition) is 1. The van der Waals surface area contributed by atoms with Crippen LogP contribution in [0.3, 0.4) is 0 Å². The van der Waals surface area contributed by atoms with E-state index in [1.807, 2.05) is 24.3 Å². The van der Waals surface area contributed by atoms with E-state index >= 15 is 0 Å². The van der Waals surface area contributed by atoms with Gasteiger partial charge in [0.15, 0.2) is 0 Å². The fourth-order valence-corrected chi connectivity index (χ4v) is 2.93. The van der Waals surface area contributed by atoms with Crippen LogP contribution < -0.4 is 0 Å². The van der Waals surface area contributed by atoms with Crippen molar-refractivity contribution < 1.29 is 5.11 Å². The maximum atomic E-state index is 10.2. The van der Waals surface area contributed by atoms with Crippen molar-refractivity contribution in [1.82, 2.24) is 4.90 Å². The lowest BCUT2D eigenvalue weighted by Gasteiger charge is -2.30. The topological polar surface area (TPSA) is 47.3 Å². The number of aliphatic hydroxyl groups excluding tert-OH is 1. The second-order valence-corrected chi connectivity index (χ2v) is 5.50. The van der Waals surface area contributed by atoms with Crippen LogP contribution in [-0.4, -0.2) is 29.2 Å². The molecule has 102 valence electrons. The second kappa shape index (κ2) is 6.70. The van der Waals surface area contributed by atoms with Gasteiger partial charge in [-0.3, -0.25) is 4.90 Å². The molecule has 3 heteroatoms. The first-order valence-electron chi connectivity index (χ1n) is 7.08. The number of aliphatic hydroxyl groups is 1. The van der Waals surface area contributed by atoms with Crippen LogP contribution in [0.4, 0.5) is 0 Å². The third-order valence-corrected chi connectivity index (χ3v) is 4.00. The Morgan fingerprint density at radius 1 is 1.32 bits per heavy atom. The number of nitrogens with zero attached hydrogens (tertiary/aromatic N) is 2. The summed E-state index contributed by atoms with van der Waals surface area (Å²) >= 11 is 0. The summed E-state index contributed by atoms with van der Waals surface area (Å²) in [7, 11) is 2.07. The van der Waals surface area contributed by atoms with Crippen molar-refractivity contribution in [3.63, 3.8) is 0 Å². The van der Waals surface area contributed by atoms with Crippen molar-refractivity contribution in [1.29, 1.82) is 5.26 Å². The average Bonchev–Trinajstić information content (AvgIpc) is 2.63. The minimum atomic E-state index is -0.216. The van der Waals surface area contributed by atoms with Crippen LogP contribution in [0.2, 0.25) is 0 Å². The normalized spacial score (nSPS) is 23.9. The minimum Gasteiger partial charge on any atom is -0.391 e. The number of benzene rings is 1. The Hall–Kier alpha value is -1.37. The molecule has 1 aromatic carbocycles. The van der Waals surface area contributed by atoms with Crippen molar-refractivity contribution in [2.75, 3.05) is 7.05 Å². The Bertz CT molecular complexity index is 452. The second-order valence-electron chi connectivity index (χ2n) is 5.50. The van der Waals surface area contributed by atoms with E-state index in [1.54, 1.807) is 0 Å². The van der Waals surface area contributed by atoms with E-state index in [9.17, 15) is 5.11 Å². The summed E-state index contributed by atoms with van der Waals surface area (Å²) in [4.78, 5) is 2.23. The third kappa shape index (κ3) is 3.79. The fraction of sp³-hybridized carbons (Fsp3) is 0.562. The lowest BCUT2D eigenvalue weighted by molar-refractivity contribution is 0.0544. The molecule has 0 radical (unpaired) electrons. The summed E-state index contributed by atoms with van der Waals surface area (Å²) in [6.07, 6.45) is 5.32. The van der Waals surface area contributed by atoms with Crippen molar-refractivity contribution in [2.24, 2.45) is 0 Å². The predicted octanol–water partition coefficient (Wildman–Crippen LogP) is 2.68. The van der Waals surface area contributed by atoms with E-state index < -0.39 is 0 Å². The molecular weight excluding hydrogens is 236 g/mol. The maximum Gasteiger partial charge on any atom is 0.0991 e. The van der Waals surface area contributed by atoms with Crippen LogP contribution in [0, 0.1) is 11.3 Å². The zero-order valence-electron chi connectivity index (χ0n) is 11.5. The molecule has 1 saturated carbocycles. The molecule has 0 saturated heterocycles. The van der Waals surface area contributed by atoms with E-state index in [4.69, 9.17) is 5.26 Å². The number of nitriles is 1. The predicted molar refractivity (Wildman–Crippen MR) is 75.5 cm³/mol. The van der Waals surface area contributed by atoms with Gasteiger partial charge >= 0.3 is 0 Å². The zero-order valence-corrected chi connectivity index (χ0v) is 11.5. The van der Waals surface area contributed by atoms with Gasteiger partial charge in [-0.15, -0.1) is 0 Å². The van der Waals surface area contributed by atoms with Gasteiger partial charge in [0.1, 0.15) is 0 Å². The summed E-state index contributed by atoms with van der Waals surface area (Å²) < 4.78 is 0. The van der Waals surface area contributed by atoms with E-state index in [2.05, 4.69) is 18.0 Å². The molecule has 0 spiro atoms. The Morgan fingerprint density at radius 3 is 2.89 bits per heavy atom. The van der Waals surface area contributed by atoms with Crippen molar-refractivity contribution in [2.45, 2.75) is 50.8 Å². The molecule has 3 nitrogen and oxygen atoms in total. The molecule has 1 fully saturated rings. The highest BCUT2D eigenvalue weighted by atomic mass is 16.3. The standard InChI is InChI=1S/C16H22N2O/c1-18(15-8-3-2-4-9-16(15)19)12-14-7-5-6-13(10-14)11-17/h5-7,10,15-16,19H,2-4,8-9,12H2,1H3. The summed E-state index contributed by atoms with van der Waals surface area (Å²) in [5.41, 5.74) is 1.84. The first-order valence-corrected chi connectivity index (χ1v) is 7.08. The van der Waals surface area contributed by atoms with Crippen LogP contribution >= 0.6 is 0 Å². The van der Waals surface area contributed by atoms with Gasteiger partial charge in [0.2, 0.25) is 0 Å². The number of rotatable bonds is 3. The summed E-state index contributed by atoms with van der Waals surface area (Å²) in [6.45, 7) is 0.789. The van der Waals surface area contributed by atoms with Gasteiger partial charge in [0.05, 0.1) is 17.7 Å². The van der Waals surface area contributed by atoms with E-state index in [-0.39, 0.29) is 12.1 Å². The first-order chi connectivity index (χ1) is 9.20. The Labute approximate surface area is 115 Å². The molecule has 0 aromatic heterocycles. The Morgan fingerprint density at radius 2 is 2.11 bits per heavy atom. The van der Waals surface area contributed by atoms with Crippen LogP contribution in [-0.2, 0) is 6.54 Å². The molecule has 2 atom stereocenters. The quantitative estimate of drug-likeness (QED) is 0.848. The summed E-state index contributed by atoms with van der Waals surface area (Å²) in [5.74, 6) is 0. The molecular formula is C16H22N2O. The van der Waals surface area contributed by atoms with Crippen molar-refractivity contribution in [3.8, 4) is 6.07 Å². The molecule has 0 heterocycles. The number of likely N-dealkylation sites (N-methyl/N-ethyl adjacent to an activating group) is 1. The molecule has 2 rings (SSSR count). The zero-order chi connectivity index (χ0) is 13.7. The third-order valence-electron chi connectivity index (χ3n) is 4.00. The van der Waals surface area contributed by atoms with Crippen molar-refractivity contribution in [3.05, 3.63) is 35.4 Å². The van der Waals surface area contributed by atoms with Crippen LogP contribution in [0.5, 0.6) is 0 Å². The smallest absolute Gasteiger partial charge is 0.0991 e. The van der Waals surface area contributed by atoms with Gasteiger partial charge in [-0.25, -0.2) is 0 Å². The largest absolute Gasteiger partial charge is 0.391 e. The van der Waals surface area contributed by atoms with Gasteiger partial charge in [-0.05, 0) is 37.6 Å². The lowest BCUT2D eigenvalue weighted by atomic mass is 10.0. The van der Waals surface area contributed by atoms with Gasteiger partial charge in [0, 0.05) is 12.6 Å². The molecule has 2 unspecified atom stereocenters. The highest BCUT2D eigenvalue weighted by Gasteiger charge is 2.25. The molecule has 0 bridgehead atoms. The molecule has 1 N–H and O–H groups in total. The molecule has 1 aromatic rings. The SMILES string of the molecule is CN(Cc1cccc(C#N)c1)C1CCCCCC1O. The first kappa shape index (κ1) is 14.0. The van der Waals surface area contributed by atoms with E-state index in [0.29, 0.717) is 5.56 Å². The molecule has 19 heavy (non-hydrogen) atoms. The lowest BCUT2D eigenvalue weighted by Crippen LogP contribution is -2.40. The van der Waals surface area contributed by atoms with Crippen LogP contribution in [0.25, 0.3) is 0 Å². The molecule has 1 aliphatic rings. The number of hydrogen-bond acceptors (Lipinski definition) is 3. The monoisotopic (exact) mass is 258 g/mol. The minimum absolute atomic E-state index is 0.216. The molecule has 0 amide bonds. The highest BCUT2D eigenvalue weighted by molar-refractivity contribution is 5.32. The summed E-state index contributed by atoms with van der Waals surface area (Å²) in [5, 5.41) is 19.1. The van der Waals surface area contributed by atoms with Gasteiger partial charge in [-0.1, -0.05) is 31.4 Å². The van der Waals surface area contributed by atoms with E-state index in [0.717, 1.165) is 31.4 Å². The van der Waals surface area contributed by atoms with Gasteiger partial charge in [0.25, 0.3) is 0 Å². The summed E-state index contributed by atoms with van der Waals surface area (Å²) in [6, 6.07) is 10.1. The molecule has 1 aliphatic carbocycles. The molecule has 0 aliphatic heterocycles. The van der Waals surface area contributed by atoms with Gasteiger partial charge < -0.3 is 5.11 Å². The average molecular weight is 258 g/mol. The fourth-order valence-electron chi connectivity index (χ4n) is 2.93. The van der Waals surface area contributed by atoms with Gasteiger partial charge in [-0.2, -0.15) is 5.26 Å². The Kier molecular flexibility index (Phi) is 4.95. The van der Waals surface area contributed by atoms with Crippen LogP contribution in [0.15, 0.2) is 24.3 Å². The van der Waals surface area contributed by atoms with E-state index in [1.165, 1.54) is 12.8 Å². The maximum absolute atomic E-state index is 10.2. The van der Waals surface area contributed by atoms with Crippen molar-refractivity contribution >= 4 is 0 Å². The highest BCUT2D eigenvalue weighted by Crippen LogP contribution is 2.23. The van der Waals surface area contributed by atoms with Crippen LogP contribution in [0.1, 0.15) is 43.2 Å². The Balaban J connectivity index is 2.02.